The van der Waals surface area contributed by atoms with Crippen LogP contribution in [0.3, 0.4) is 0 Å². The summed E-state index contributed by atoms with van der Waals surface area (Å²) in [4.78, 5) is 65.3. The number of H-pyrrole nitrogens is 4. The van der Waals surface area contributed by atoms with Crippen molar-refractivity contribution in [3.8, 4) is 68.5 Å². The number of alkyl halides is 9. The highest BCUT2D eigenvalue weighted by atomic mass is 19.4. The number of anilines is 13. The molecular formula is C84H86F10N32O7. The molecule has 0 amide bonds. The number of aryl methyl sites for hydroxylation is 9. The van der Waals surface area contributed by atoms with Crippen molar-refractivity contribution in [1.82, 2.24) is 119 Å². The lowest BCUT2D eigenvalue weighted by molar-refractivity contribution is -0.199. The van der Waals surface area contributed by atoms with E-state index in [-0.39, 0.29) is 11.6 Å². The zero-order chi connectivity index (χ0) is 95.1. The number of methoxy groups -OCH3 is 4. The highest BCUT2D eigenvalue weighted by Crippen LogP contribution is 2.41. The van der Waals surface area contributed by atoms with E-state index in [1.807, 2.05) is 53.9 Å². The maximum Gasteiger partial charge on any atom is 0.416 e. The maximum atomic E-state index is 14.3. The first kappa shape index (κ1) is 93.1. The molecule has 0 radical (unpaired) electrons. The highest BCUT2D eigenvalue weighted by molar-refractivity contribution is 6.04. The van der Waals surface area contributed by atoms with Crippen LogP contribution in [0.15, 0.2) is 142 Å². The number of rotatable bonds is 27. The Balaban J connectivity index is 0.000000142. The number of aliphatic hydroxyl groups is 3. The number of hydrogen-bond acceptors (Lipinski definition) is 31. The summed E-state index contributed by atoms with van der Waals surface area (Å²) in [5.41, 5.74) is 16.0. The number of nitrogens with one attached hydrogen (secondary N) is 12. The van der Waals surface area contributed by atoms with Crippen LogP contribution in [0.25, 0.3) is 88.8 Å². The smallest absolute Gasteiger partial charge is 0.416 e. The number of pyridine rings is 4. The van der Waals surface area contributed by atoms with Crippen LogP contribution < -0.4 is 61.5 Å². The summed E-state index contributed by atoms with van der Waals surface area (Å²) in [5, 5.41) is 70.1. The number of aromatic nitrogens is 24. The molecule has 0 saturated carbocycles. The molecule has 3 atom stereocenters. The van der Waals surface area contributed by atoms with Crippen molar-refractivity contribution in [3.63, 3.8) is 0 Å². The SMILES string of the molecule is COc1nn(C)cc1Nc1ncc(C)c(-c2c[nH]c3c(NCC(O)C(F)(F)F)ccnc23)n1.COc1nn(C)cc1Nc1ncc(C)c(-c2c[nH]c3c(NCC(O)C(F)(F)F)cncc23)n1.COc1nn(C)cc1Nc1ncc(C)c(-c2c[nH]c3c(NCC(O)C(F)(F)F)nccc23)n1.COc1nn(C)cc1Nc1ncc(C)c(-c2c[nH]c3c(Nc4cc(C)ccc4F)nccc23)n1. The third-order valence-electron chi connectivity index (χ3n) is 20.2. The fraction of sp³-hybridized carbons (Fsp3) is 0.262. The number of ether oxygens (including phenoxy) is 4. The van der Waals surface area contributed by atoms with E-state index >= 15 is 0 Å². The number of benzene rings is 1. The maximum absolute atomic E-state index is 14.3. The fourth-order valence-electron chi connectivity index (χ4n) is 13.7. The fourth-order valence-corrected chi connectivity index (χ4v) is 13.7. The molecule has 17 rings (SSSR count). The molecule has 694 valence electrons. The van der Waals surface area contributed by atoms with E-state index in [4.69, 9.17) is 23.9 Å². The molecule has 49 heteroatoms. The van der Waals surface area contributed by atoms with E-state index in [9.17, 15) is 59.2 Å². The van der Waals surface area contributed by atoms with Crippen LogP contribution in [0.1, 0.15) is 27.8 Å². The van der Waals surface area contributed by atoms with Gasteiger partial charge in [-0.25, -0.2) is 54.2 Å². The van der Waals surface area contributed by atoms with Crippen LogP contribution in [0.2, 0.25) is 0 Å². The van der Waals surface area contributed by atoms with Crippen LogP contribution >= 0.6 is 0 Å². The molecular weight excluding hydrogens is 1760 g/mol. The topological polar surface area (TPSA) is 483 Å². The molecule has 133 heavy (non-hydrogen) atoms. The Kier molecular flexibility index (Phi) is 27.4. The Bertz CT molecular complexity index is 6530. The van der Waals surface area contributed by atoms with E-state index < -0.39 is 56.5 Å². The minimum atomic E-state index is -4.72. The lowest BCUT2D eigenvalue weighted by atomic mass is 10.1. The van der Waals surface area contributed by atoms with Crippen molar-refractivity contribution in [2.45, 2.75) is 71.5 Å². The van der Waals surface area contributed by atoms with Crippen molar-refractivity contribution < 1.29 is 78.2 Å². The van der Waals surface area contributed by atoms with E-state index in [1.165, 1.54) is 52.1 Å². The summed E-state index contributed by atoms with van der Waals surface area (Å²) >= 11 is 0. The van der Waals surface area contributed by atoms with Gasteiger partial charge in [0.2, 0.25) is 23.8 Å². The first-order chi connectivity index (χ1) is 63.4. The van der Waals surface area contributed by atoms with Gasteiger partial charge in [-0.2, -0.15) is 39.5 Å². The summed E-state index contributed by atoms with van der Waals surface area (Å²) in [5.74, 6) is 3.32. The Morgan fingerprint density at radius 2 is 0.722 bits per heavy atom. The van der Waals surface area contributed by atoms with Crippen molar-refractivity contribution >= 4 is 119 Å². The van der Waals surface area contributed by atoms with Gasteiger partial charge in [0.25, 0.3) is 23.5 Å². The lowest BCUT2D eigenvalue weighted by Crippen LogP contribution is -2.35. The first-order valence-corrected chi connectivity index (χ1v) is 40.0. The van der Waals surface area contributed by atoms with Crippen LogP contribution in [0.5, 0.6) is 23.5 Å². The second kappa shape index (κ2) is 39.1. The molecule has 15 N–H and O–H groups in total. The molecule has 1 aromatic carbocycles. The van der Waals surface area contributed by atoms with Crippen molar-refractivity contribution in [2.24, 2.45) is 28.2 Å². The van der Waals surface area contributed by atoms with Crippen LogP contribution in [0, 0.1) is 40.4 Å². The normalized spacial score (nSPS) is 12.3. The zero-order valence-electron chi connectivity index (χ0n) is 72.8. The zero-order valence-corrected chi connectivity index (χ0v) is 72.8. The van der Waals surface area contributed by atoms with E-state index in [1.54, 1.807) is 146 Å². The average Bonchev–Trinajstić information content (AvgIpc) is 1.64. The molecule has 0 aliphatic heterocycles. The van der Waals surface area contributed by atoms with Gasteiger partial charge in [0.05, 0.1) is 133 Å². The molecule has 16 heterocycles. The Morgan fingerprint density at radius 1 is 0.368 bits per heavy atom. The Labute approximate surface area is 747 Å². The summed E-state index contributed by atoms with van der Waals surface area (Å²) in [6, 6.07) is 10.1. The van der Waals surface area contributed by atoms with Gasteiger partial charge in [-0.15, -0.1) is 20.4 Å². The summed E-state index contributed by atoms with van der Waals surface area (Å²) in [6.45, 7) is 7.28. The number of hydrogen-bond donors (Lipinski definition) is 15. The van der Waals surface area contributed by atoms with Gasteiger partial charge in [-0.05, 0) is 92.8 Å². The molecule has 0 spiro atoms. The third-order valence-corrected chi connectivity index (χ3v) is 20.2. The van der Waals surface area contributed by atoms with Crippen molar-refractivity contribution in [1.29, 1.82) is 0 Å². The summed E-state index contributed by atoms with van der Waals surface area (Å²) in [6.07, 6.45) is 6.59. The van der Waals surface area contributed by atoms with Gasteiger partial charge in [0.1, 0.15) is 34.4 Å². The minimum Gasteiger partial charge on any atom is -0.478 e. The largest absolute Gasteiger partial charge is 0.478 e. The van der Waals surface area contributed by atoms with Gasteiger partial charge >= 0.3 is 18.5 Å². The van der Waals surface area contributed by atoms with E-state index in [0.717, 1.165) is 50.0 Å². The van der Waals surface area contributed by atoms with Crippen LogP contribution in [-0.4, -0.2) is 219 Å². The number of nitrogens with zero attached hydrogens (tertiary/aromatic N) is 20. The third kappa shape index (κ3) is 21.3. The monoisotopic (exact) mass is 1840 g/mol. The average molecular weight is 1850 g/mol. The first-order valence-electron chi connectivity index (χ1n) is 40.0. The molecule has 0 fully saturated rings. The Morgan fingerprint density at radius 3 is 1.14 bits per heavy atom. The molecule has 16 aromatic heterocycles. The second-order valence-electron chi connectivity index (χ2n) is 29.9. The molecule has 17 aromatic rings. The summed E-state index contributed by atoms with van der Waals surface area (Å²) < 4.78 is 155. The standard InChI is InChI=1S/C24H23FN8O.3C20H21F3N8O2/c1-13-5-6-17(25)18(9-13)29-22-21-15(7-8-26-22)16(11-27-21)20-14(2)10-28-24(31-20)30-19-12-33(3)32-23(19)34-4;1-10-4-27-19(28-14-9-31(2)30-18(14)33-3)29-16(10)12-6-26-17-11(12)5-24-7-13(17)25-8-15(32)20(21,22)23;1-10-6-27-19(28-13-9-31(2)30-18(13)33-3)29-15(10)11-7-26-17-12(4-5-24-16(11)17)25-8-14(32)20(21,22)23;1-10-6-27-19(28-13-9-31(2)30-18(13)33-3)29-15(10)12-7-25-16-11(12)4-5-24-17(16)26-8-14(32)20(21,22)23/h5-12,27H,1-4H3,(H,26,29)(H,28,30,31);4-7,9,15,25-26,32H,8H2,1-3H3,(H,27,28,29);4-7,9,14,26,32H,8H2,1-3H3,(H,24,25)(H,27,28,29);4-7,9,14,25,32H,8H2,1-3H3,(H,24,26)(H,27,28,29). The number of aliphatic hydroxyl groups excluding tert-OH is 3. The number of fused-ring (bicyclic) bond motifs is 4. The lowest BCUT2D eigenvalue weighted by Gasteiger charge is -2.16. The molecule has 0 bridgehead atoms. The van der Waals surface area contributed by atoms with Crippen molar-refractivity contribution in [3.05, 3.63) is 175 Å². The molecule has 0 aliphatic rings. The predicted octanol–water partition coefficient (Wildman–Crippen LogP) is 14.5. The van der Waals surface area contributed by atoms with Gasteiger partial charge in [0.15, 0.2) is 24.1 Å². The predicted molar refractivity (Wildman–Crippen MR) is 476 cm³/mol. The van der Waals surface area contributed by atoms with E-state index in [2.05, 4.69) is 138 Å². The van der Waals surface area contributed by atoms with Crippen LogP contribution in [0.4, 0.5) is 119 Å². The van der Waals surface area contributed by atoms with Gasteiger partial charge in [-0.3, -0.25) is 28.7 Å². The second-order valence-corrected chi connectivity index (χ2v) is 29.9. The quantitative estimate of drug-likeness (QED) is 0.0213. The van der Waals surface area contributed by atoms with Crippen LogP contribution in [-0.2, 0) is 28.2 Å². The molecule has 0 aliphatic carbocycles. The number of aromatic amines is 4. The van der Waals surface area contributed by atoms with E-state index in [0.29, 0.717) is 160 Å². The molecule has 3 unspecified atom stereocenters. The minimum absolute atomic E-state index is 0.187. The number of halogens is 10. The molecule has 0 saturated heterocycles. The Hall–Kier alpha value is -16.1. The van der Waals surface area contributed by atoms with Gasteiger partial charge in [0, 0.05) is 154 Å². The summed E-state index contributed by atoms with van der Waals surface area (Å²) in [7, 11) is 13.2. The van der Waals surface area contributed by atoms with Gasteiger partial charge < -0.3 is 96.7 Å². The molecule has 39 nitrogen and oxygen atoms in total. The van der Waals surface area contributed by atoms with Crippen molar-refractivity contribution in [2.75, 3.05) is 90.6 Å². The van der Waals surface area contributed by atoms with Gasteiger partial charge in [-0.1, -0.05) is 6.07 Å². The highest BCUT2D eigenvalue weighted by Gasteiger charge is 2.40.